The second-order valence-electron chi connectivity index (χ2n) is 3.44. The molecule has 70 valence electrons. The van der Waals surface area contributed by atoms with Crippen molar-refractivity contribution in [2.45, 2.75) is 19.1 Å². The molecule has 0 aromatic heterocycles. The molecule has 0 saturated carbocycles. The molecule has 0 radical (unpaired) electrons. The van der Waals surface area contributed by atoms with Gasteiger partial charge in [-0.25, -0.2) is 0 Å². The minimum atomic E-state index is 0.218. The summed E-state index contributed by atoms with van der Waals surface area (Å²) >= 11 is 0. The third kappa shape index (κ3) is 1.90. The van der Waals surface area contributed by atoms with Crippen LogP contribution in [0.2, 0.25) is 0 Å². The number of hydrogen-bond acceptors (Lipinski definition) is 2. The minimum absolute atomic E-state index is 0.218. The summed E-state index contributed by atoms with van der Waals surface area (Å²) in [6, 6.07) is 10.8. The van der Waals surface area contributed by atoms with Crippen LogP contribution in [0.1, 0.15) is 18.6 Å². The Balaban J connectivity index is 2.15. The van der Waals surface area contributed by atoms with E-state index in [1.807, 2.05) is 6.07 Å². The van der Waals surface area contributed by atoms with E-state index in [1.165, 1.54) is 5.56 Å². The summed E-state index contributed by atoms with van der Waals surface area (Å²) in [4.78, 5) is 0. The fourth-order valence-electron chi connectivity index (χ4n) is 1.75. The molecule has 2 atom stereocenters. The normalized spacial score (nSPS) is 28.7. The summed E-state index contributed by atoms with van der Waals surface area (Å²) in [6.45, 7) is 3.94. The zero-order chi connectivity index (χ0) is 9.10. The molecule has 1 N–H and O–H groups in total. The van der Waals surface area contributed by atoms with E-state index < -0.39 is 0 Å². The molecule has 2 heteroatoms. The Morgan fingerprint density at radius 3 is 2.77 bits per heavy atom. The summed E-state index contributed by atoms with van der Waals surface area (Å²) in [6.07, 6.45) is 0.218. The molecule has 1 saturated heterocycles. The zero-order valence-electron chi connectivity index (χ0n) is 7.86. The van der Waals surface area contributed by atoms with Crippen LogP contribution in [0, 0.1) is 0 Å². The maximum Gasteiger partial charge on any atom is 0.0975 e. The first kappa shape index (κ1) is 8.73. The summed E-state index contributed by atoms with van der Waals surface area (Å²) in [5, 5.41) is 3.41. The average molecular weight is 177 g/mol. The van der Waals surface area contributed by atoms with Crippen molar-refractivity contribution in [3.8, 4) is 0 Å². The predicted molar refractivity (Wildman–Crippen MR) is 52.6 cm³/mol. The number of benzene rings is 1. The van der Waals surface area contributed by atoms with Crippen LogP contribution in [-0.2, 0) is 4.74 Å². The van der Waals surface area contributed by atoms with Crippen molar-refractivity contribution in [3.63, 3.8) is 0 Å². The first-order valence-corrected chi connectivity index (χ1v) is 4.78. The predicted octanol–water partition coefficient (Wildman–Crippen LogP) is 1.74. The SMILES string of the molecule is C[C@@H]1NCCOC1c1ccccc1. The van der Waals surface area contributed by atoms with E-state index in [1.54, 1.807) is 0 Å². The van der Waals surface area contributed by atoms with Gasteiger partial charge in [0, 0.05) is 12.6 Å². The van der Waals surface area contributed by atoms with E-state index in [-0.39, 0.29) is 6.10 Å². The largest absolute Gasteiger partial charge is 0.371 e. The fraction of sp³-hybridized carbons (Fsp3) is 0.455. The summed E-state index contributed by atoms with van der Waals surface area (Å²) in [5.41, 5.74) is 1.27. The Morgan fingerprint density at radius 2 is 2.08 bits per heavy atom. The monoisotopic (exact) mass is 177 g/mol. The molecule has 0 spiro atoms. The molecule has 0 amide bonds. The van der Waals surface area contributed by atoms with E-state index in [9.17, 15) is 0 Å². The van der Waals surface area contributed by atoms with Gasteiger partial charge in [0.1, 0.15) is 0 Å². The molecule has 1 aliphatic rings. The highest BCUT2D eigenvalue weighted by Crippen LogP contribution is 2.22. The van der Waals surface area contributed by atoms with Crippen LogP contribution < -0.4 is 5.32 Å². The van der Waals surface area contributed by atoms with Gasteiger partial charge < -0.3 is 10.1 Å². The van der Waals surface area contributed by atoms with Crippen LogP contribution in [0.3, 0.4) is 0 Å². The van der Waals surface area contributed by atoms with Crippen LogP contribution in [0.4, 0.5) is 0 Å². The molecular weight excluding hydrogens is 162 g/mol. The maximum atomic E-state index is 5.71. The standard InChI is InChI=1S/C11H15NO/c1-9-11(13-8-7-12-9)10-5-3-2-4-6-10/h2-6,9,11-12H,7-8H2,1H3/t9-,11?/m0/s1. The lowest BCUT2D eigenvalue weighted by atomic mass is 10.0. The molecule has 1 unspecified atom stereocenters. The van der Waals surface area contributed by atoms with E-state index in [2.05, 4.69) is 36.5 Å². The van der Waals surface area contributed by atoms with Crippen LogP contribution in [0.25, 0.3) is 0 Å². The molecule has 2 rings (SSSR count). The average Bonchev–Trinajstić information content (AvgIpc) is 2.20. The third-order valence-corrected chi connectivity index (χ3v) is 2.45. The number of hydrogen-bond donors (Lipinski definition) is 1. The van der Waals surface area contributed by atoms with Crippen molar-refractivity contribution in [3.05, 3.63) is 35.9 Å². The summed E-state index contributed by atoms with van der Waals surface area (Å²) < 4.78 is 5.71. The van der Waals surface area contributed by atoms with Crippen LogP contribution in [0.5, 0.6) is 0 Å². The van der Waals surface area contributed by atoms with Gasteiger partial charge in [0.15, 0.2) is 0 Å². The molecule has 0 aliphatic carbocycles. The highest BCUT2D eigenvalue weighted by Gasteiger charge is 2.22. The Bertz CT molecular complexity index is 260. The van der Waals surface area contributed by atoms with Crippen LogP contribution in [-0.4, -0.2) is 19.2 Å². The number of morpholine rings is 1. The second kappa shape index (κ2) is 3.90. The number of ether oxygens (including phenoxy) is 1. The first-order chi connectivity index (χ1) is 6.38. The van der Waals surface area contributed by atoms with Gasteiger partial charge in [-0.1, -0.05) is 30.3 Å². The Morgan fingerprint density at radius 1 is 1.31 bits per heavy atom. The molecule has 1 aromatic rings. The topological polar surface area (TPSA) is 21.3 Å². The van der Waals surface area contributed by atoms with Crippen molar-refractivity contribution < 1.29 is 4.74 Å². The van der Waals surface area contributed by atoms with Gasteiger partial charge in [0.2, 0.25) is 0 Å². The van der Waals surface area contributed by atoms with Crippen LogP contribution in [0.15, 0.2) is 30.3 Å². The molecular formula is C11H15NO. The number of rotatable bonds is 1. The molecule has 1 fully saturated rings. The van der Waals surface area contributed by atoms with Crippen molar-refractivity contribution in [2.75, 3.05) is 13.2 Å². The minimum Gasteiger partial charge on any atom is -0.371 e. The molecule has 13 heavy (non-hydrogen) atoms. The van der Waals surface area contributed by atoms with E-state index in [4.69, 9.17) is 4.74 Å². The van der Waals surface area contributed by atoms with Gasteiger partial charge in [0.25, 0.3) is 0 Å². The number of nitrogens with one attached hydrogen (secondary N) is 1. The van der Waals surface area contributed by atoms with Crippen molar-refractivity contribution in [1.29, 1.82) is 0 Å². The maximum absolute atomic E-state index is 5.71. The molecule has 1 heterocycles. The molecule has 2 nitrogen and oxygen atoms in total. The smallest absolute Gasteiger partial charge is 0.0975 e. The van der Waals surface area contributed by atoms with Gasteiger partial charge in [-0.15, -0.1) is 0 Å². The van der Waals surface area contributed by atoms with Gasteiger partial charge in [0.05, 0.1) is 12.7 Å². The third-order valence-electron chi connectivity index (χ3n) is 2.45. The summed E-state index contributed by atoms with van der Waals surface area (Å²) in [7, 11) is 0. The Hall–Kier alpha value is -0.860. The molecule has 1 aliphatic heterocycles. The highest BCUT2D eigenvalue weighted by molar-refractivity contribution is 5.19. The van der Waals surface area contributed by atoms with Crippen LogP contribution >= 0.6 is 0 Å². The van der Waals surface area contributed by atoms with Gasteiger partial charge in [-0.2, -0.15) is 0 Å². The van der Waals surface area contributed by atoms with Gasteiger partial charge in [-0.3, -0.25) is 0 Å². The Labute approximate surface area is 78.9 Å². The fourth-order valence-corrected chi connectivity index (χ4v) is 1.75. The zero-order valence-corrected chi connectivity index (χ0v) is 7.86. The van der Waals surface area contributed by atoms with E-state index >= 15 is 0 Å². The molecule has 1 aromatic carbocycles. The van der Waals surface area contributed by atoms with E-state index in [0.717, 1.165) is 13.2 Å². The quantitative estimate of drug-likeness (QED) is 0.705. The molecule has 0 bridgehead atoms. The van der Waals surface area contributed by atoms with Crippen molar-refractivity contribution in [1.82, 2.24) is 5.32 Å². The van der Waals surface area contributed by atoms with Crippen molar-refractivity contribution in [2.24, 2.45) is 0 Å². The summed E-state index contributed by atoms with van der Waals surface area (Å²) in [5.74, 6) is 0. The first-order valence-electron chi connectivity index (χ1n) is 4.78. The lowest BCUT2D eigenvalue weighted by Crippen LogP contribution is -2.41. The van der Waals surface area contributed by atoms with Gasteiger partial charge >= 0.3 is 0 Å². The lowest BCUT2D eigenvalue weighted by molar-refractivity contribution is -0.000221. The second-order valence-corrected chi connectivity index (χ2v) is 3.44. The van der Waals surface area contributed by atoms with Crippen molar-refractivity contribution >= 4 is 0 Å². The highest BCUT2D eigenvalue weighted by atomic mass is 16.5. The lowest BCUT2D eigenvalue weighted by Gasteiger charge is -2.30. The van der Waals surface area contributed by atoms with E-state index in [0.29, 0.717) is 6.04 Å². The Kier molecular flexibility index (Phi) is 2.62. The van der Waals surface area contributed by atoms with Gasteiger partial charge in [-0.05, 0) is 12.5 Å².